The van der Waals surface area contributed by atoms with Gasteiger partial charge >= 0.3 is 0 Å². The van der Waals surface area contributed by atoms with Crippen molar-refractivity contribution in [1.82, 2.24) is 0 Å². The normalized spacial score (nSPS) is 10.5. The number of carbonyl (C=O) groups is 1. The van der Waals surface area contributed by atoms with Crippen LogP contribution in [0.1, 0.15) is 54.4 Å². The molecule has 2 nitrogen and oxygen atoms in total. The van der Waals surface area contributed by atoms with Crippen LogP contribution >= 0.6 is 0 Å². The third kappa shape index (κ3) is 156. The van der Waals surface area contributed by atoms with E-state index in [0.29, 0.717) is 6.42 Å². The van der Waals surface area contributed by atoms with Gasteiger partial charge in [-0.05, 0) is 19.3 Å². The first-order valence-corrected chi connectivity index (χ1v) is 5.03. The van der Waals surface area contributed by atoms with Gasteiger partial charge < -0.3 is 9.90 Å². The average Bonchev–Trinajstić information content (AvgIpc) is 2.04. The monoisotopic (exact) mass is 190 g/mol. The Morgan fingerprint density at radius 3 is 1.31 bits per heavy atom. The van der Waals surface area contributed by atoms with Gasteiger partial charge in [0.2, 0.25) is 0 Å². The van der Waals surface area contributed by atoms with Gasteiger partial charge in [0, 0.05) is 6.42 Å². The molecule has 0 aromatic carbocycles. The van der Waals surface area contributed by atoms with Gasteiger partial charge in [-0.1, -0.05) is 34.6 Å². The van der Waals surface area contributed by atoms with E-state index in [4.69, 9.17) is 5.11 Å². The Labute approximate surface area is 83.4 Å². The number of rotatable bonds is 2. The quantitative estimate of drug-likeness (QED) is 0.680. The molecular formula is C11H26O2. The van der Waals surface area contributed by atoms with Crippen molar-refractivity contribution in [2.24, 2.45) is 5.92 Å². The van der Waals surface area contributed by atoms with E-state index in [9.17, 15) is 4.79 Å². The van der Waals surface area contributed by atoms with E-state index in [-0.39, 0.29) is 6.10 Å². The van der Waals surface area contributed by atoms with Crippen molar-refractivity contribution in [2.75, 3.05) is 0 Å². The highest BCUT2D eigenvalue weighted by atomic mass is 16.3. The van der Waals surface area contributed by atoms with Gasteiger partial charge in [-0.15, -0.1) is 0 Å². The van der Waals surface area contributed by atoms with Gasteiger partial charge in [0.25, 0.3) is 0 Å². The van der Waals surface area contributed by atoms with Crippen molar-refractivity contribution in [3.05, 3.63) is 0 Å². The van der Waals surface area contributed by atoms with Crippen LogP contribution in [-0.4, -0.2) is 17.5 Å². The predicted octanol–water partition coefficient (Wildman–Crippen LogP) is 3.03. The van der Waals surface area contributed by atoms with E-state index in [1.54, 1.807) is 6.92 Å². The number of carbonyl (C=O) groups excluding carboxylic acids is 1. The highest BCUT2D eigenvalue weighted by Gasteiger charge is 1.81. The molecule has 0 aromatic rings. The van der Waals surface area contributed by atoms with Crippen molar-refractivity contribution in [3.8, 4) is 0 Å². The molecule has 0 saturated heterocycles. The van der Waals surface area contributed by atoms with Gasteiger partial charge in [0.15, 0.2) is 0 Å². The van der Waals surface area contributed by atoms with E-state index in [0.717, 1.165) is 18.6 Å². The Kier molecular flexibility index (Phi) is 25.0. The summed E-state index contributed by atoms with van der Waals surface area (Å²) in [5.74, 6) is 0.833. The summed E-state index contributed by atoms with van der Waals surface area (Å²) in [6.07, 6.45) is 2.26. The van der Waals surface area contributed by atoms with Crippen LogP contribution in [0.5, 0.6) is 0 Å². The highest BCUT2D eigenvalue weighted by Crippen LogP contribution is 1.81. The van der Waals surface area contributed by atoms with E-state index in [1.165, 1.54) is 0 Å². The first kappa shape index (κ1) is 18.4. The van der Waals surface area contributed by atoms with Crippen molar-refractivity contribution in [1.29, 1.82) is 0 Å². The van der Waals surface area contributed by atoms with Gasteiger partial charge in [-0.2, -0.15) is 0 Å². The molecule has 0 fully saturated rings. The molecule has 0 heterocycles. The van der Waals surface area contributed by atoms with Crippen LogP contribution in [0.4, 0.5) is 0 Å². The largest absolute Gasteiger partial charge is 0.393 e. The molecule has 0 aliphatic rings. The number of aldehydes is 1. The summed E-state index contributed by atoms with van der Waals surface area (Å²) in [6, 6.07) is 0. The fraction of sp³-hybridized carbons (Fsp3) is 0.909. The van der Waals surface area contributed by atoms with E-state index in [1.807, 2.05) is 13.8 Å². The number of aliphatic hydroxyl groups is 1. The topological polar surface area (TPSA) is 37.3 Å². The standard InChI is InChI=1S/C4H10O.C4H10.C3H6O/c1-3-4(2)5;1-4(2)3;1-2-3-4/h4-5H,3H2,1-2H3;4H,1-3H3;3H,2H2,1H3. The van der Waals surface area contributed by atoms with Gasteiger partial charge in [0.05, 0.1) is 6.10 Å². The molecule has 0 amide bonds. The Morgan fingerprint density at radius 1 is 1.15 bits per heavy atom. The van der Waals surface area contributed by atoms with Crippen molar-refractivity contribution < 1.29 is 9.90 Å². The van der Waals surface area contributed by atoms with Crippen molar-refractivity contribution in [2.45, 2.75) is 60.5 Å². The first-order chi connectivity index (χ1) is 5.92. The zero-order chi connectivity index (χ0) is 11.3. The van der Waals surface area contributed by atoms with Crippen LogP contribution in [-0.2, 0) is 4.79 Å². The molecule has 0 aromatic heterocycles. The Hall–Kier alpha value is -0.370. The molecule has 13 heavy (non-hydrogen) atoms. The molecule has 0 bridgehead atoms. The predicted molar refractivity (Wildman–Crippen MR) is 58.8 cm³/mol. The van der Waals surface area contributed by atoms with Gasteiger partial charge in [0.1, 0.15) is 6.29 Å². The second kappa shape index (κ2) is 17.6. The van der Waals surface area contributed by atoms with Crippen LogP contribution in [0.15, 0.2) is 0 Å². The molecule has 0 aliphatic heterocycles. The third-order valence-corrected chi connectivity index (χ3v) is 0.757. The smallest absolute Gasteiger partial charge is 0.119 e. The number of aliphatic hydroxyl groups excluding tert-OH is 1. The molecule has 0 spiro atoms. The van der Waals surface area contributed by atoms with Gasteiger partial charge in [-0.3, -0.25) is 0 Å². The third-order valence-electron chi connectivity index (χ3n) is 0.757. The molecule has 1 unspecified atom stereocenters. The van der Waals surface area contributed by atoms with E-state index >= 15 is 0 Å². The zero-order valence-electron chi connectivity index (χ0n) is 10.0. The first-order valence-electron chi connectivity index (χ1n) is 5.03. The lowest BCUT2D eigenvalue weighted by Crippen LogP contribution is -1.93. The SMILES string of the molecule is CC(C)C.CCC(C)O.CCC=O. The van der Waals surface area contributed by atoms with Crippen molar-refractivity contribution in [3.63, 3.8) is 0 Å². The summed E-state index contributed by atoms with van der Waals surface area (Å²) < 4.78 is 0. The van der Waals surface area contributed by atoms with Crippen LogP contribution in [0.25, 0.3) is 0 Å². The highest BCUT2D eigenvalue weighted by molar-refractivity contribution is 5.48. The van der Waals surface area contributed by atoms with Crippen LogP contribution in [0, 0.1) is 5.92 Å². The molecule has 1 atom stereocenters. The summed E-state index contributed by atoms with van der Waals surface area (Å²) in [5, 5.41) is 8.36. The second-order valence-electron chi connectivity index (χ2n) is 3.56. The van der Waals surface area contributed by atoms with E-state index in [2.05, 4.69) is 20.8 Å². The molecular weight excluding hydrogens is 164 g/mol. The Morgan fingerprint density at radius 2 is 1.31 bits per heavy atom. The zero-order valence-corrected chi connectivity index (χ0v) is 10.0. The van der Waals surface area contributed by atoms with Crippen molar-refractivity contribution >= 4 is 6.29 Å². The molecule has 0 saturated carbocycles. The molecule has 0 rings (SSSR count). The molecule has 82 valence electrons. The molecule has 0 aliphatic carbocycles. The minimum atomic E-state index is -0.116. The fourth-order valence-corrected chi connectivity index (χ4v) is 0. The summed E-state index contributed by atoms with van der Waals surface area (Å²) in [7, 11) is 0. The Bertz CT molecular complexity index is 75.4. The van der Waals surface area contributed by atoms with Crippen LogP contribution in [0.3, 0.4) is 0 Å². The second-order valence-corrected chi connectivity index (χ2v) is 3.56. The van der Waals surface area contributed by atoms with E-state index < -0.39 is 0 Å². The minimum absolute atomic E-state index is 0.116. The van der Waals surface area contributed by atoms with Crippen LogP contribution in [0.2, 0.25) is 0 Å². The number of hydrogen-bond acceptors (Lipinski definition) is 2. The molecule has 1 N–H and O–H groups in total. The minimum Gasteiger partial charge on any atom is -0.393 e. The van der Waals surface area contributed by atoms with Crippen LogP contribution < -0.4 is 0 Å². The molecule has 2 heteroatoms. The lowest BCUT2D eigenvalue weighted by molar-refractivity contribution is -0.107. The fourth-order valence-electron chi connectivity index (χ4n) is 0. The Balaban J connectivity index is -0.000000117. The maximum atomic E-state index is 9.17. The average molecular weight is 190 g/mol. The summed E-state index contributed by atoms with van der Waals surface area (Å²) >= 11 is 0. The summed E-state index contributed by atoms with van der Waals surface area (Å²) in [6.45, 7) is 12.0. The molecule has 0 radical (unpaired) electrons. The van der Waals surface area contributed by atoms with Gasteiger partial charge in [-0.25, -0.2) is 0 Å². The summed E-state index contributed by atoms with van der Waals surface area (Å²) in [4.78, 5) is 9.17. The summed E-state index contributed by atoms with van der Waals surface area (Å²) in [5.41, 5.74) is 0. The maximum Gasteiger partial charge on any atom is 0.119 e. The maximum absolute atomic E-state index is 9.17. The lowest BCUT2D eigenvalue weighted by Gasteiger charge is -1.90. The lowest BCUT2D eigenvalue weighted by atomic mass is 10.3. The number of hydrogen-bond donors (Lipinski definition) is 1.